The van der Waals surface area contributed by atoms with Gasteiger partial charge in [0.05, 0.1) is 35.4 Å². The van der Waals surface area contributed by atoms with Gasteiger partial charge in [-0.15, -0.1) is 0 Å². The summed E-state index contributed by atoms with van der Waals surface area (Å²) in [6.07, 6.45) is 5.19. The molecule has 1 aromatic carbocycles. The van der Waals surface area contributed by atoms with Crippen molar-refractivity contribution >= 4 is 41.2 Å². The first-order chi connectivity index (χ1) is 15.6. The molecule has 5 rings (SSSR count). The second kappa shape index (κ2) is 8.94. The molecule has 11 heteroatoms. The lowest BCUT2D eigenvalue weighted by Crippen LogP contribution is -2.17. The van der Waals surface area contributed by atoms with Crippen LogP contribution in [0.4, 0.5) is 5.69 Å². The van der Waals surface area contributed by atoms with E-state index in [2.05, 4.69) is 35.3 Å². The molecular formula is C22H24N8O2S. The number of pyridine rings is 1. The second-order valence-electron chi connectivity index (χ2n) is 7.39. The number of nitrogens with zero attached hydrogens (tertiary/aromatic N) is 5. The molecule has 4 heterocycles. The molecule has 5 aromatic rings. The van der Waals surface area contributed by atoms with Crippen molar-refractivity contribution < 1.29 is 4.74 Å². The van der Waals surface area contributed by atoms with Crippen molar-refractivity contribution in [3.8, 4) is 17.1 Å². The zero-order valence-electron chi connectivity index (χ0n) is 18.4. The predicted molar refractivity (Wildman–Crippen MR) is 132 cm³/mol. The molecule has 0 saturated heterocycles. The summed E-state index contributed by atoms with van der Waals surface area (Å²) < 4.78 is 7.08. The fourth-order valence-electron chi connectivity index (χ4n) is 3.69. The van der Waals surface area contributed by atoms with Gasteiger partial charge in [-0.1, -0.05) is 0 Å². The van der Waals surface area contributed by atoms with Gasteiger partial charge < -0.3 is 20.0 Å². The van der Waals surface area contributed by atoms with E-state index in [0.29, 0.717) is 46.2 Å². The maximum Gasteiger partial charge on any atom is 0.261 e. The minimum Gasteiger partial charge on any atom is -0.497 e. The summed E-state index contributed by atoms with van der Waals surface area (Å²) in [4.78, 5) is 32.7. The minimum atomic E-state index is -0.275. The SMILES string of the molecule is CCn1cc2[nH]c(=O)c(-c3nc4ccc(OC)cc4[nH]3)c(N[C@@H](C)c3ncccn3)c2n1.S. The van der Waals surface area contributed by atoms with Gasteiger partial charge in [0, 0.05) is 31.2 Å². The van der Waals surface area contributed by atoms with Crippen LogP contribution in [-0.2, 0) is 6.54 Å². The fourth-order valence-corrected chi connectivity index (χ4v) is 3.69. The molecule has 0 aliphatic heterocycles. The van der Waals surface area contributed by atoms with E-state index in [1.807, 2.05) is 38.2 Å². The third-order valence-corrected chi connectivity index (χ3v) is 5.31. The van der Waals surface area contributed by atoms with Crippen molar-refractivity contribution in [2.45, 2.75) is 26.4 Å². The number of anilines is 1. The van der Waals surface area contributed by atoms with E-state index in [9.17, 15) is 4.79 Å². The molecule has 0 fully saturated rings. The van der Waals surface area contributed by atoms with E-state index in [1.54, 1.807) is 30.3 Å². The monoisotopic (exact) mass is 464 g/mol. The molecule has 0 amide bonds. The van der Waals surface area contributed by atoms with Crippen LogP contribution < -0.4 is 15.6 Å². The lowest BCUT2D eigenvalue weighted by molar-refractivity contribution is 0.415. The number of rotatable bonds is 6. The quantitative estimate of drug-likeness (QED) is 0.352. The number of nitrogens with one attached hydrogen (secondary N) is 3. The Bertz CT molecular complexity index is 1470. The maximum absolute atomic E-state index is 13.2. The average molecular weight is 465 g/mol. The molecule has 4 aromatic heterocycles. The third-order valence-electron chi connectivity index (χ3n) is 5.31. The van der Waals surface area contributed by atoms with Crippen LogP contribution in [0.5, 0.6) is 5.75 Å². The van der Waals surface area contributed by atoms with Crippen molar-refractivity contribution in [3.05, 3.63) is 59.0 Å². The van der Waals surface area contributed by atoms with Crippen LogP contribution in [0.1, 0.15) is 25.7 Å². The summed E-state index contributed by atoms with van der Waals surface area (Å²) in [6, 6.07) is 7.02. The van der Waals surface area contributed by atoms with E-state index in [1.165, 1.54) is 0 Å². The number of aryl methyl sites for hydroxylation is 1. The number of H-pyrrole nitrogens is 2. The number of aromatic amines is 2. The Balaban J connectivity index is 0.00000259. The number of aromatic nitrogens is 7. The molecule has 0 radical (unpaired) electrons. The summed E-state index contributed by atoms with van der Waals surface area (Å²) in [5, 5.41) is 8.08. The van der Waals surface area contributed by atoms with Gasteiger partial charge in [-0.05, 0) is 32.0 Å². The van der Waals surface area contributed by atoms with E-state index in [-0.39, 0.29) is 25.1 Å². The Labute approximate surface area is 195 Å². The number of imidazole rings is 1. The van der Waals surface area contributed by atoms with Gasteiger partial charge in [-0.25, -0.2) is 15.0 Å². The molecule has 0 spiro atoms. The predicted octanol–water partition coefficient (Wildman–Crippen LogP) is 3.37. The molecule has 0 bridgehead atoms. The Morgan fingerprint density at radius 3 is 2.70 bits per heavy atom. The standard InChI is InChI=1S/C22H22N8O2.H2S/c1-4-30-11-16-18(29-30)19(25-12(2)20-23-8-5-9-24-20)17(22(31)28-16)21-26-14-7-6-13(32-3)10-15(14)27-21;/h5-12,25H,4H2,1-3H3,(H,26,27)(H,28,31);1H2/t12-;/m0./s1. The molecule has 0 aliphatic rings. The van der Waals surface area contributed by atoms with E-state index < -0.39 is 0 Å². The zero-order valence-corrected chi connectivity index (χ0v) is 19.4. The van der Waals surface area contributed by atoms with E-state index in [0.717, 1.165) is 11.0 Å². The number of ether oxygens (including phenoxy) is 1. The van der Waals surface area contributed by atoms with Gasteiger partial charge in [0.1, 0.15) is 28.5 Å². The highest BCUT2D eigenvalue weighted by atomic mass is 32.1. The van der Waals surface area contributed by atoms with E-state index >= 15 is 0 Å². The fraction of sp³-hybridized carbons (Fsp3) is 0.227. The van der Waals surface area contributed by atoms with Crippen LogP contribution in [0.15, 0.2) is 47.7 Å². The Kier molecular flexibility index (Phi) is 6.05. The molecule has 0 aliphatic carbocycles. The first-order valence-corrected chi connectivity index (χ1v) is 10.3. The van der Waals surface area contributed by atoms with Gasteiger partial charge in [0.2, 0.25) is 0 Å². The van der Waals surface area contributed by atoms with Crippen LogP contribution >= 0.6 is 13.5 Å². The zero-order chi connectivity index (χ0) is 22.2. The smallest absolute Gasteiger partial charge is 0.261 e. The highest BCUT2D eigenvalue weighted by Gasteiger charge is 2.22. The van der Waals surface area contributed by atoms with Gasteiger partial charge in [-0.2, -0.15) is 18.6 Å². The van der Waals surface area contributed by atoms with Crippen molar-refractivity contribution in [2.75, 3.05) is 12.4 Å². The van der Waals surface area contributed by atoms with Gasteiger partial charge in [0.25, 0.3) is 5.56 Å². The molecule has 10 nitrogen and oxygen atoms in total. The summed E-state index contributed by atoms with van der Waals surface area (Å²) in [6.45, 7) is 4.60. The summed E-state index contributed by atoms with van der Waals surface area (Å²) in [5.74, 6) is 1.74. The first kappa shape index (κ1) is 22.3. The average Bonchev–Trinajstić information content (AvgIpc) is 3.42. The normalized spacial score (nSPS) is 12.0. The number of methoxy groups -OCH3 is 1. The lowest BCUT2D eigenvalue weighted by atomic mass is 10.1. The van der Waals surface area contributed by atoms with Crippen molar-refractivity contribution in [1.29, 1.82) is 0 Å². The highest BCUT2D eigenvalue weighted by molar-refractivity contribution is 7.59. The van der Waals surface area contributed by atoms with Crippen LogP contribution in [0.3, 0.4) is 0 Å². The van der Waals surface area contributed by atoms with Crippen LogP contribution in [-0.4, -0.2) is 41.8 Å². The number of benzene rings is 1. The second-order valence-corrected chi connectivity index (χ2v) is 7.39. The summed E-state index contributed by atoms with van der Waals surface area (Å²) in [5.41, 5.74) is 3.44. The number of fused-ring (bicyclic) bond motifs is 2. The maximum atomic E-state index is 13.2. The van der Waals surface area contributed by atoms with Crippen molar-refractivity contribution in [1.82, 2.24) is 34.7 Å². The Morgan fingerprint density at radius 1 is 1.18 bits per heavy atom. The van der Waals surface area contributed by atoms with Gasteiger partial charge in [-0.3, -0.25) is 9.48 Å². The summed E-state index contributed by atoms with van der Waals surface area (Å²) in [7, 11) is 1.61. The molecule has 0 saturated carbocycles. The van der Waals surface area contributed by atoms with Crippen LogP contribution in [0.2, 0.25) is 0 Å². The third kappa shape index (κ3) is 4.02. The molecule has 170 valence electrons. The molecule has 0 unspecified atom stereocenters. The van der Waals surface area contributed by atoms with Crippen molar-refractivity contribution in [3.63, 3.8) is 0 Å². The number of hydrogen-bond donors (Lipinski definition) is 3. The largest absolute Gasteiger partial charge is 0.497 e. The first-order valence-electron chi connectivity index (χ1n) is 10.3. The van der Waals surface area contributed by atoms with E-state index in [4.69, 9.17) is 4.74 Å². The molecule has 33 heavy (non-hydrogen) atoms. The van der Waals surface area contributed by atoms with Crippen molar-refractivity contribution in [2.24, 2.45) is 0 Å². The number of hydrogen-bond acceptors (Lipinski definition) is 7. The highest BCUT2D eigenvalue weighted by Crippen LogP contribution is 2.32. The lowest BCUT2D eigenvalue weighted by Gasteiger charge is -2.16. The topological polar surface area (TPSA) is 126 Å². The molecule has 3 N–H and O–H groups in total. The Morgan fingerprint density at radius 2 is 1.97 bits per heavy atom. The Hall–Kier alpha value is -3.86. The van der Waals surface area contributed by atoms with Gasteiger partial charge >= 0.3 is 0 Å². The van der Waals surface area contributed by atoms with Crippen LogP contribution in [0, 0.1) is 0 Å². The van der Waals surface area contributed by atoms with Gasteiger partial charge in [0.15, 0.2) is 0 Å². The minimum absolute atomic E-state index is 0. The van der Waals surface area contributed by atoms with Crippen LogP contribution in [0.25, 0.3) is 33.5 Å². The molecule has 1 atom stereocenters. The molecular weight excluding hydrogens is 440 g/mol. The summed E-state index contributed by atoms with van der Waals surface area (Å²) >= 11 is 0.